The molecule has 110 valence electrons. The van der Waals surface area contributed by atoms with Crippen molar-refractivity contribution < 1.29 is 13.2 Å². The standard InChI is InChI=1S/C14H20N2O3S/c1-3-4-11-16-14(17)10-7-12-5-8-13(9-6-12)20(18,19)15-2/h5-10,15H,3-4,11H2,1-2H3,(H,16,17)/b10-7+. The molecule has 0 heterocycles. The second-order valence-corrected chi connectivity index (χ2v) is 6.14. The van der Waals surface area contributed by atoms with Crippen LogP contribution in [0.1, 0.15) is 25.3 Å². The molecule has 0 aliphatic rings. The van der Waals surface area contributed by atoms with E-state index in [-0.39, 0.29) is 10.8 Å². The lowest BCUT2D eigenvalue weighted by molar-refractivity contribution is -0.116. The highest BCUT2D eigenvalue weighted by atomic mass is 32.2. The number of benzene rings is 1. The summed E-state index contributed by atoms with van der Waals surface area (Å²) in [4.78, 5) is 11.7. The van der Waals surface area contributed by atoms with E-state index in [0.717, 1.165) is 18.4 Å². The van der Waals surface area contributed by atoms with Crippen LogP contribution in [-0.2, 0) is 14.8 Å². The van der Waals surface area contributed by atoms with Gasteiger partial charge < -0.3 is 5.32 Å². The number of amides is 1. The van der Waals surface area contributed by atoms with Crippen LogP contribution in [0.5, 0.6) is 0 Å². The monoisotopic (exact) mass is 296 g/mol. The Balaban J connectivity index is 2.64. The van der Waals surface area contributed by atoms with Crippen molar-refractivity contribution in [1.82, 2.24) is 10.0 Å². The van der Waals surface area contributed by atoms with Gasteiger partial charge in [-0.2, -0.15) is 0 Å². The van der Waals surface area contributed by atoms with Gasteiger partial charge in [0, 0.05) is 12.6 Å². The molecule has 0 aliphatic carbocycles. The average Bonchev–Trinajstić information content (AvgIpc) is 2.46. The Morgan fingerprint density at radius 2 is 1.90 bits per heavy atom. The van der Waals surface area contributed by atoms with Crippen molar-refractivity contribution in [3.8, 4) is 0 Å². The Kier molecular flexibility index (Phi) is 6.41. The first-order chi connectivity index (χ1) is 9.49. The minimum atomic E-state index is -3.41. The van der Waals surface area contributed by atoms with E-state index in [1.54, 1.807) is 18.2 Å². The van der Waals surface area contributed by atoms with Crippen molar-refractivity contribution in [2.75, 3.05) is 13.6 Å². The molecular weight excluding hydrogens is 276 g/mol. The zero-order valence-electron chi connectivity index (χ0n) is 11.7. The summed E-state index contributed by atoms with van der Waals surface area (Å²) < 4.78 is 25.3. The van der Waals surface area contributed by atoms with E-state index in [4.69, 9.17) is 0 Å². The summed E-state index contributed by atoms with van der Waals surface area (Å²) in [6.45, 7) is 2.72. The molecule has 0 spiro atoms. The lowest BCUT2D eigenvalue weighted by Crippen LogP contribution is -2.21. The number of rotatable bonds is 7. The maximum absolute atomic E-state index is 11.5. The smallest absolute Gasteiger partial charge is 0.243 e. The summed E-state index contributed by atoms with van der Waals surface area (Å²) in [7, 11) is -2.05. The first kappa shape index (κ1) is 16.4. The normalized spacial score (nSPS) is 11.7. The summed E-state index contributed by atoms with van der Waals surface area (Å²) in [5, 5.41) is 2.77. The van der Waals surface area contributed by atoms with E-state index in [9.17, 15) is 13.2 Å². The molecule has 0 unspecified atom stereocenters. The largest absolute Gasteiger partial charge is 0.353 e. The van der Waals surface area contributed by atoms with Gasteiger partial charge in [0.15, 0.2) is 0 Å². The van der Waals surface area contributed by atoms with Crippen LogP contribution in [0, 0.1) is 0 Å². The van der Waals surface area contributed by atoms with E-state index < -0.39 is 10.0 Å². The third kappa shape index (κ3) is 5.14. The molecule has 1 rings (SSSR count). The van der Waals surface area contributed by atoms with Gasteiger partial charge >= 0.3 is 0 Å². The third-order valence-electron chi connectivity index (χ3n) is 2.72. The van der Waals surface area contributed by atoms with E-state index in [2.05, 4.69) is 17.0 Å². The molecule has 2 N–H and O–H groups in total. The van der Waals surface area contributed by atoms with Crippen LogP contribution in [0.15, 0.2) is 35.2 Å². The van der Waals surface area contributed by atoms with Crippen molar-refractivity contribution in [1.29, 1.82) is 0 Å². The topological polar surface area (TPSA) is 75.3 Å². The maximum atomic E-state index is 11.5. The molecule has 5 nitrogen and oxygen atoms in total. The van der Waals surface area contributed by atoms with E-state index in [1.807, 2.05) is 0 Å². The molecular formula is C14H20N2O3S. The van der Waals surface area contributed by atoms with Crippen molar-refractivity contribution in [2.24, 2.45) is 0 Å². The molecule has 1 aromatic rings. The molecule has 20 heavy (non-hydrogen) atoms. The van der Waals surface area contributed by atoms with Gasteiger partial charge in [-0.3, -0.25) is 4.79 Å². The zero-order chi connectivity index (χ0) is 15.0. The predicted octanol–water partition coefficient (Wildman–Crippen LogP) is 1.52. The minimum Gasteiger partial charge on any atom is -0.353 e. The zero-order valence-corrected chi connectivity index (χ0v) is 12.5. The Morgan fingerprint density at radius 3 is 2.45 bits per heavy atom. The molecule has 0 radical (unpaired) electrons. The van der Waals surface area contributed by atoms with Gasteiger partial charge in [0.1, 0.15) is 0 Å². The van der Waals surface area contributed by atoms with Crippen molar-refractivity contribution >= 4 is 22.0 Å². The van der Waals surface area contributed by atoms with Crippen LogP contribution in [0.25, 0.3) is 6.08 Å². The predicted molar refractivity (Wildman–Crippen MR) is 79.6 cm³/mol. The van der Waals surface area contributed by atoms with Gasteiger partial charge in [-0.15, -0.1) is 0 Å². The Bertz CT molecular complexity index is 563. The summed E-state index contributed by atoms with van der Waals surface area (Å²) in [6.07, 6.45) is 5.08. The SMILES string of the molecule is CCCCNC(=O)/C=C/c1ccc(S(=O)(=O)NC)cc1. The molecule has 0 saturated heterocycles. The first-order valence-electron chi connectivity index (χ1n) is 6.49. The van der Waals surface area contributed by atoms with Crippen LogP contribution >= 0.6 is 0 Å². The molecule has 0 aromatic heterocycles. The summed E-state index contributed by atoms with van der Waals surface area (Å²) in [6, 6.07) is 6.31. The number of carbonyl (C=O) groups excluding carboxylic acids is 1. The highest BCUT2D eigenvalue weighted by Gasteiger charge is 2.09. The second kappa shape index (κ2) is 7.81. The van der Waals surface area contributed by atoms with Gasteiger partial charge in [0.2, 0.25) is 15.9 Å². The fraction of sp³-hybridized carbons (Fsp3) is 0.357. The van der Waals surface area contributed by atoms with Gasteiger partial charge in [-0.25, -0.2) is 13.1 Å². The molecule has 6 heteroatoms. The number of sulfonamides is 1. The first-order valence-corrected chi connectivity index (χ1v) is 7.97. The highest BCUT2D eigenvalue weighted by Crippen LogP contribution is 2.11. The summed E-state index contributed by atoms with van der Waals surface area (Å²) >= 11 is 0. The molecule has 0 saturated carbocycles. The molecule has 0 atom stereocenters. The van der Waals surface area contributed by atoms with Crippen molar-refractivity contribution in [2.45, 2.75) is 24.7 Å². The van der Waals surface area contributed by atoms with E-state index in [1.165, 1.54) is 25.3 Å². The summed E-state index contributed by atoms with van der Waals surface area (Å²) in [5.74, 6) is -0.148. The number of nitrogens with one attached hydrogen (secondary N) is 2. The van der Waals surface area contributed by atoms with Gasteiger partial charge in [-0.05, 0) is 37.2 Å². The minimum absolute atomic E-state index is 0.148. The number of hydrogen-bond acceptors (Lipinski definition) is 3. The molecule has 0 bridgehead atoms. The fourth-order valence-corrected chi connectivity index (χ4v) is 2.23. The van der Waals surface area contributed by atoms with Crippen LogP contribution < -0.4 is 10.0 Å². The van der Waals surface area contributed by atoms with Crippen molar-refractivity contribution in [3.05, 3.63) is 35.9 Å². The Labute approximate surface area is 120 Å². The number of hydrogen-bond donors (Lipinski definition) is 2. The summed E-state index contributed by atoms with van der Waals surface area (Å²) in [5.41, 5.74) is 0.769. The molecule has 0 fully saturated rings. The Morgan fingerprint density at radius 1 is 1.25 bits per heavy atom. The van der Waals surface area contributed by atoms with Crippen LogP contribution in [0.3, 0.4) is 0 Å². The fourth-order valence-electron chi connectivity index (χ4n) is 1.50. The lowest BCUT2D eigenvalue weighted by atomic mass is 10.2. The number of carbonyl (C=O) groups is 1. The van der Waals surface area contributed by atoms with E-state index >= 15 is 0 Å². The van der Waals surface area contributed by atoms with Gasteiger partial charge in [0.25, 0.3) is 0 Å². The second-order valence-electron chi connectivity index (χ2n) is 4.25. The van der Waals surface area contributed by atoms with Gasteiger partial charge in [0.05, 0.1) is 4.90 Å². The number of unbranched alkanes of at least 4 members (excludes halogenated alkanes) is 1. The quantitative estimate of drug-likeness (QED) is 0.592. The van der Waals surface area contributed by atoms with Crippen LogP contribution in [0.2, 0.25) is 0 Å². The average molecular weight is 296 g/mol. The van der Waals surface area contributed by atoms with Crippen LogP contribution in [0.4, 0.5) is 0 Å². The highest BCUT2D eigenvalue weighted by molar-refractivity contribution is 7.89. The van der Waals surface area contributed by atoms with Crippen LogP contribution in [-0.4, -0.2) is 27.9 Å². The Hall–Kier alpha value is -1.66. The molecule has 0 aliphatic heterocycles. The third-order valence-corrected chi connectivity index (χ3v) is 4.15. The van der Waals surface area contributed by atoms with Crippen molar-refractivity contribution in [3.63, 3.8) is 0 Å². The molecule has 1 amide bonds. The van der Waals surface area contributed by atoms with E-state index in [0.29, 0.717) is 6.54 Å². The lowest BCUT2D eigenvalue weighted by Gasteiger charge is -2.02. The maximum Gasteiger partial charge on any atom is 0.243 e. The van der Waals surface area contributed by atoms with Gasteiger partial charge in [-0.1, -0.05) is 25.5 Å². The molecule has 1 aromatic carbocycles.